The maximum absolute atomic E-state index is 12.2. The van der Waals surface area contributed by atoms with Gasteiger partial charge in [0.2, 0.25) is 0 Å². The van der Waals surface area contributed by atoms with Crippen molar-refractivity contribution in [3.63, 3.8) is 0 Å². The van der Waals surface area contributed by atoms with Crippen LogP contribution < -0.4 is 15.4 Å². The third-order valence-electron chi connectivity index (χ3n) is 3.78. The molecule has 0 aliphatic carbocycles. The summed E-state index contributed by atoms with van der Waals surface area (Å²) in [7, 11) is 0.773. The molecule has 154 valence electrons. The minimum absolute atomic E-state index is 0.201. The van der Waals surface area contributed by atoms with Gasteiger partial charge >= 0.3 is 0 Å². The lowest BCUT2D eigenvalue weighted by Gasteiger charge is -2.18. The highest BCUT2D eigenvalue weighted by Crippen LogP contribution is 2.21. The molecule has 7 heteroatoms. The molecule has 0 bridgehead atoms. The smallest absolute Gasteiger partial charge is 0.191 e. The molecule has 0 aromatic heterocycles. The number of nitrogens with one attached hydrogen (secondary N) is 2. The maximum Gasteiger partial charge on any atom is 0.191 e. The van der Waals surface area contributed by atoms with Gasteiger partial charge in [-0.1, -0.05) is 12.1 Å². The Morgan fingerprint density at radius 1 is 1.22 bits per heavy atom. The summed E-state index contributed by atoms with van der Waals surface area (Å²) < 4.78 is 22.8. The van der Waals surface area contributed by atoms with E-state index in [4.69, 9.17) is 9.47 Å². The Bertz CT molecular complexity index is 627. The molecule has 1 aromatic carbocycles. The third-order valence-corrected chi connectivity index (χ3v) is 5.72. The Balaban J connectivity index is 2.72. The van der Waals surface area contributed by atoms with Crippen LogP contribution in [-0.4, -0.2) is 54.1 Å². The summed E-state index contributed by atoms with van der Waals surface area (Å²) in [4.78, 5) is 4.65. The van der Waals surface area contributed by atoms with Gasteiger partial charge in [0.05, 0.1) is 13.2 Å². The molecule has 1 unspecified atom stereocenters. The molecule has 27 heavy (non-hydrogen) atoms. The summed E-state index contributed by atoms with van der Waals surface area (Å²) in [5, 5.41) is 6.49. The van der Waals surface area contributed by atoms with E-state index < -0.39 is 10.8 Å². The zero-order valence-electron chi connectivity index (χ0n) is 17.6. The van der Waals surface area contributed by atoms with Gasteiger partial charge in [0.15, 0.2) is 5.96 Å². The van der Waals surface area contributed by atoms with Crippen molar-refractivity contribution in [3.8, 4) is 5.75 Å². The molecule has 0 saturated heterocycles. The highest BCUT2D eigenvalue weighted by atomic mass is 32.2. The number of ether oxygens (including phenoxy) is 2. The molecule has 0 saturated carbocycles. The van der Waals surface area contributed by atoms with E-state index in [-0.39, 0.29) is 4.75 Å². The second-order valence-electron chi connectivity index (χ2n) is 7.24. The van der Waals surface area contributed by atoms with Crippen molar-refractivity contribution in [3.05, 3.63) is 29.3 Å². The van der Waals surface area contributed by atoms with Crippen LogP contribution in [0.15, 0.2) is 23.2 Å². The molecule has 0 heterocycles. The van der Waals surface area contributed by atoms with Gasteiger partial charge < -0.3 is 20.1 Å². The Morgan fingerprint density at radius 2 is 1.96 bits per heavy atom. The third kappa shape index (κ3) is 9.24. The van der Waals surface area contributed by atoms with Gasteiger partial charge in [0.25, 0.3) is 0 Å². The largest absolute Gasteiger partial charge is 0.491 e. The van der Waals surface area contributed by atoms with E-state index in [1.54, 1.807) is 7.11 Å². The number of benzene rings is 1. The Morgan fingerprint density at radius 3 is 2.59 bits per heavy atom. The van der Waals surface area contributed by atoms with Crippen LogP contribution in [0.3, 0.4) is 0 Å². The first kappa shape index (κ1) is 23.4. The number of hydrogen-bond acceptors (Lipinski definition) is 4. The summed E-state index contributed by atoms with van der Waals surface area (Å²) in [6.45, 7) is 13.0. The second kappa shape index (κ2) is 12.0. The number of aryl methyl sites for hydroxylation is 1. The van der Waals surface area contributed by atoms with E-state index in [1.165, 1.54) is 0 Å². The van der Waals surface area contributed by atoms with Crippen molar-refractivity contribution in [1.29, 1.82) is 0 Å². The Kier molecular flexibility index (Phi) is 10.4. The van der Waals surface area contributed by atoms with Crippen molar-refractivity contribution >= 4 is 16.8 Å². The molecular weight excluding hydrogens is 362 g/mol. The van der Waals surface area contributed by atoms with Gasteiger partial charge in [-0.3, -0.25) is 4.21 Å². The van der Waals surface area contributed by atoms with Crippen LogP contribution in [0, 0.1) is 6.92 Å². The van der Waals surface area contributed by atoms with Crippen LogP contribution in [-0.2, 0) is 22.1 Å². The van der Waals surface area contributed by atoms with Crippen LogP contribution in [0.5, 0.6) is 5.75 Å². The number of aliphatic imine (C=N–C) groups is 1. The molecule has 0 aliphatic rings. The fourth-order valence-electron chi connectivity index (χ4n) is 2.24. The molecule has 0 aliphatic heterocycles. The number of nitrogens with zero attached hydrogens (tertiary/aromatic N) is 1. The van der Waals surface area contributed by atoms with Crippen LogP contribution in [0.1, 0.15) is 38.8 Å². The quantitative estimate of drug-likeness (QED) is 0.361. The summed E-state index contributed by atoms with van der Waals surface area (Å²) in [5.74, 6) is 2.14. The number of methoxy groups -OCH3 is 1. The van der Waals surface area contributed by atoms with E-state index in [0.29, 0.717) is 38.0 Å². The van der Waals surface area contributed by atoms with Crippen LogP contribution in [0.4, 0.5) is 0 Å². The zero-order chi connectivity index (χ0) is 20.3. The molecular formula is C20H35N3O3S. The summed E-state index contributed by atoms with van der Waals surface area (Å²) in [5.41, 5.74) is 2.16. The highest BCUT2D eigenvalue weighted by molar-refractivity contribution is 7.86. The fraction of sp³-hybridized carbons (Fsp3) is 0.650. The molecule has 1 aromatic rings. The second-order valence-corrected chi connectivity index (χ2v) is 9.56. The molecule has 0 amide bonds. The lowest BCUT2D eigenvalue weighted by atomic mass is 10.1. The van der Waals surface area contributed by atoms with Gasteiger partial charge in [0.1, 0.15) is 12.4 Å². The first-order valence-corrected chi connectivity index (χ1v) is 10.7. The highest BCUT2D eigenvalue weighted by Gasteiger charge is 2.18. The van der Waals surface area contributed by atoms with Crippen molar-refractivity contribution in [1.82, 2.24) is 10.6 Å². The maximum atomic E-state index is 12.2. The Labute approximate surface area is 166 Å². The minimum Gasteiger partial charge on any atom is -0.491 e. The number of rotatable bonds is 10. The molecule has 1 rings (SSSR count). The fourth-order valence-corrected chi connectivity index (χ4v) is 3.14. The minimum atomic E-state index is -0.886. The van der Waals surface area contributed by atoms with Gasteiger partial charge in [0, 0.05) is 47.1 Å². The predicted octanol–water partition coefficient (Wildman–Crippen LogP) is 2.62. The zero-order valence-corrected chi connectivity index (χ0v) is 18.4. The van der Waals surface area contributed by atoms with E-state index in [0.717, 1.165) is 23.4 Å². The SMILES string of the molecule is CCNC(=NCc1ccc(C)cc1OCCOC)NCCS(=O)C(C)(C)C. The van der Waals surface area contributed by atoms with Crippen LogP contribution >= 0.6 is 0 Å². The standard InChI is InChI=1S/C20H35N3O3S/c1-7-21-19(22-10-13-27(24)20(3,4)5)23-15-17-9-8-16(2)14-18(17)26-12-11-25-6/h8-9,14H,7,10-13,15H2,1-6H3,(H2,21,22,23). The lowest BCUT2D eigenvalue weighted by molar-refractivity contribution is 0.146. The summed E-state index contributed by atoms with van der Waals surface area (Å²) in [6, 6.07) is 6.12. The van der Waals surface area contributed by atoms with Crippen LogP contribution in [0.25, 0.3) is 0 Å². The molecule has 0 fully saturated rings. The molecule has 0 spiro atoms. The van der Waals surface area contributed by atoms with Crippen molar-refractivity contribution in [2.24, 2.45) is 4.99 Å². The van der Waals surface area contributed by atoms with Gasteiger partial charge in [-0.25, -0.2) is 4.99 Å². The van der Waals surface area contributed by atoms with E-state index in [1.807, 2.05) is 46.8 Å². The molecule has 6 nitrogen and oxygen atoms in total. The number of hydrogen-bond donors (Lipinski definition) is 2. The predicted molar refractivity (Wildman–Crippen MR) is 114 cm³/mol. The summed E-state index contributed by atoms with van der Waals surface area (Å²) >= 11 is 0. The monoisotopic (exact) mass is 397 g/mol. The molecule has 1 atom stereocenters. The lowest BCUT2D eigenvalue weighted by Crippen LogP contribution is -2.40. The van der Waals surface area contributed by atoms with Crippen molar-refractivity contribution in [2.45, 2.75) is 45.9 Å². The summed E-state index contributed by atoms with van der Waals surface area (Å²) in [6.07, 6.45) is 0. The van der Waals surface area contributed by atoms with Gasteiger partial charge in [-0.2, -0.15) is 0 Å². The van der Waals surface area contributed by atoms with Crippen molar-refractivity contribution < 1.29 is 13.7 Å². The van der Waals surface area contributed by atoms with E-state index >= 15 is 0 Å². The topological polar surface area (TPSA) is 72.0 Å². The molecule has 2 N–H and O–H groups in total. The molecule has 0 radical (unpaired) electrons. The average molecular weight is 398 g/mol. The van der Waals surface area contributed by atoms with Gasteiger partial charge in [-0.15, -0.1) is 0 Å². The normalized spacial score (nSPS) is 13.3. The van der Waals surface area contributed by atoms with E-state index in [9.17, 15) is 4.21 Å². The first-order chi connectivity index (χ1) is 12.8. The average Bonchev–Trinajstić information content (AvgIpc) is 2.60. The number of guanidine groups is 1. The van der Waals surface area contributed by atoms with Crippen molar-refractivity contribution in [2.75, 3.05) is 39.2 Å². The van der Waals surface area contributed by atoms with Crippen LogP contribution in [0.2, 0.25) is 0 Å². The Hall–Kier alpha value is -1.60. The first-order valence-electron chi connectivity index (χ1n) is 9.39. The van der Waals surface area contributed by atoms with Gasteiger partial charge in [-0.05, 0) is 46.2 Å². The van der Waals surface area contributed by atoms with E-state index in [2.05, 4.69) is 21.7 Å².